The van der Waals surface area contributed by atoms with Gasteiger partial charge >= 0.3 is 0 Å². The molecule has 2 aliphatic carbocycles. The van der Waals surface area contributed by atoms with E-state index in [0.717, 1.165) is 61.9 Å². The predicted octanol–water partition coefficient (Wildman–Crippen LogP) is 3.41. The SMILES string of the molecule is O=C(C1CCc2nc(-c3ccccc3)[nH]c(=O)c2CC1)N1CCN(C2CCCCC2)CC1. The Morgan fingerprint density at radius 3 is 2.38 bits per heavy atom. The number of carbonyl (C=O) groups excluding carboxylic acids is 1. The number of hydrogen-bond donors (Lipinski definition) is 1. The second-order valence-corrected chi connectivity index (χ2v) is 9.63. The highest BCUT2D eigenvalue weighted by Crippen LogP contribution is 2.27. The van der Waals surface area contributed by atoms with E-state index >= 15 is 0 Å². The minimum absolute atomic E-state index is 0.00925. The molecule has 1 aromatic carbocycles. The highest BCUT2D eigenvalue weighted by atomic mass is 16.2. The number of piperazine rings is 1. The summed E-state index contributed by atoms with van der Waals surface area (Å²) in [6.45, 7) is 3.70. The van der Waals surface area contributed by atoms with E-state index in [4.69, 9.17) is 4.98 Å². The van der Waals surface area contributed by atoms with Crippen LogP contribution in [0.4, 0.5) is 0 Å². The summed E-state index contributed by atoms with van der Waals surface area (Å²) < 4.78 is 0. The van der Waals surface area contributed by atoms with Gasteiger partial charge in [-0.1, -0.05) is 49.6 Å². The van der Waals surface area contributed by atoms with E-state index in [9.17, 15) is 9.59 Å². The van der Waals surface area contributed by atoms with Crippen molar-refractivity contribution in [3.63, 3.8) is 0 Å². The van der Waals surface area contributed by atoms with E-state index in [1.807, 2.05) is 30.3 Å². The molecule has 1 saturated heterocycles. The maximum absolute atomic E-state index is 13.3. The van der Waals surface area contributed by atoms with Gasteiger partial charge in [0.25, 0.3) is 5.56 Å². The molecule has 32 heavy (non-hydrogen) atoms. The van der Waals surface area contributed by atoms with Crippen LogP contribution in [0.25, 0.3) is 11.4 Å². The predicted molar refractivity (Wildman–Crippen MR) is 125 cm³/mol. The first-order chi connectivity index (χ1) is 15.7. The Balaban J connectivity index is 1.22. The molecule has 3 aliphatic rings. The van der Waals surface area contributed by atoms with Gasteiger partial charge in [-0.15, -0.1) is 0 Å². The lowest BCUT2D eigenvalue weighted by Gasteiger charge is -2.41. The Kier molecular flexibility index (Phi) is 6.39. The van der Waals surface area contributed by atoms with Gasteiger partial charge in [0.2, 0.25) is 5.91 Å². The van der Waals surface area contributed by atoms with Crippen molar-refractivity contribution in [1.82, 2.24) is 19.8 Å². The van der Waals surface area contributed by atoms with Crippen LogP contribution in [0.2, 0.25) is 0 Å². The fraction of sp³-hybridized carbons (Fsp3) is 0.577. The van der Waals surface area contributed by atoms with Crippen molar-refractivity contribution in [3.05, 3.63) is 51.9 Å². The number of aromatic amines is 1. The fourth-order valence-corrected chi connectivity index (χ4v) is 5.77. The van der Waals surface area contributed by atoms with E-state index in [1.165, 1.54) is 32.1 Å². The van der Waals surface area contributed by atoms with Crippen LogP contribution in [0.5, 0.6) is 0 Å². The summed E-state index contributed by atoms with van der Waals surface area (Å²) in [6.07, 6.45) is 9.57. The summed E-state index contributed by atoms with van der Waals surface area (Å²) in [5.74, 6) is 0.892. The van der Waals surface area contributed by atoms with Crippen LogP contribution in [-0.4, -0.2) is 57.9 Å². The number of amides is 1. The van der Waals surface area contributed by atoms with Gasteiger partial charge in [-0.05, 0) is 38.5 Å². The molecule has 2 fully saturated rings. The number of fused-ring (bicyclic) bond motifs is 1. The second-order valence-electron chi connectivity index (χ2n) is 9.63. The van der Waals surface area contributed by atoms with E-state index in [2.05, 4.69) is 14.8 Å². The molecule has 1 amide bonds. The number of rotatable bonds is 3. The lowest BCUT2D eigenvalue weighted by Crippen LogP contribution is -2.53. The van der Waals surface area contributed by atoms with Gasteiger partial charge in [-0.3, -0.25) is 14.5 Å². The molecule has 1 N–H and O–H groups in total. The van der Waals surface area contributed by atoms with Gasteiger partial charge < -0.3 is 9.88 Å². The Bertz CT molecular complexity index is 989. The number of H-pyrrole nitrogens is 1. The Morgan fingerprint density at radius 2 is 1.62 bits per heavy atom. The van der Waals surface area contributed by atoms with Crippen molar-refractivity contribution in [1.29, 1.82) is 0 Å². The van der Waals surface area contributed by atoms with Crippen LogP contribution in [0, 0.1) is 5.92 Å². The van der Waals surface area contributed by atoms with Gasteiger partial charge in [0.1, 0.15) is 5.82 Å². The van der Waals surface area contributed by atoms with Crippen molar-refractivity contribution in [2.75, 3.05) is 26.2 Å². The van der Waals surface area contributed by atoms with Crippen LogP contribution >= 0.6 is 0 Å². The van der Waals surface area contributed by atoms with Crippen molar-refractivity contribution in [3.8, 4) is 11.4 Å². The van der Waals surface area contributed by atoms with Gasteiger partial charge in [-0.25, -0.2) is 4.98 Å². The molecule has 1 aromatic heterocycles. The molecular weight excluding hydrogens is 400 g/mol. The maximum atomic E-state index is 13.3. The number of nitrogens with zero attached hydrogens (tertiary/aromatic N) is 3. The zero-order valence-corrected chi connectivity index (χ0v) is 18.9. The zero-order chi connectivity index (χ0) is 21.9. The molecule has 2 aromatic rings. The summed E-state index contributed by atoms with van der Waals surface area (Å²) in [4.78, 5) is 38.5. The first kappa shape index (κ1) is 21.4. The molecule has 1 unspecified atom stereocenters. The molecule has 1 aliphatic heterocycles. The van der Waals surface area contributed by atoms with Crippen LogP contribution in [0.15, 0.2) is 35.1 Å². The topological polar surface area (TPSA) is 69.3 Å². The van der Waals surface area contributed by atoms with Crippen LogP contribution in [0.1, 0.15) is 56.2 Å². The summed E-state index contributed by atoms with van der Waals surface area (Å²) in [5.41, 5.74) is 2.50. The van der Waals surface area contributed by atoms with Crippen molar-refractivity contribution in [2.24, 2.45) is 5.92 Å². The highest BCUT2D eigenvalue weighted by molar-refractivity contribution is 5.79. The van der Waals surface area contributed by atoms with Gasteiger partial charge in [-0.2, -0.15) is 0 Å². The molecular formula is C26H34N4O2. The quantitative estimate of drug-likeness (QED) is 0.752. The molecule has 170 valence electrons. The molecule has 0 radical (unpaired) electrons. The molecule has 2 heterocycles. The van der Waals surface area contributed by atoms with Crippen molar-refractivity contribution in [2.45, 2.75) is 63.8 Å². The average molecular weight is 435 g/mol. The largest absolute Gasteiger partial charge is 0.340 e. The summed E-state index contributed by atoms with van der Waals surface area (Å²) in [6, 6.07) is 10.5. The maximum Gasteiger partial charge on any atom is 0.254 e. The van der Waals surface area contributed by atoms with Gasteiger partial charge in [0.15, 0.2) is 0 Å². The molecule has 6 nitrogen and oxygen atoms in total. The Labute approximate surface area is 190 Å². The molecule has 1 saturated carbocycles. The van der Waals surface area contributed by atoms with E-state index in [-0.39, 0.29) is 17.4 Å². The third-order valence-electron chi connectivity index (χ3n) is 7.69. The van der Waals surface area contributed by atoms with Gasteiger partial charge in [0.05, 0.1) is 5.69 Å². The second kappa shape index (κ2) is 9.57. The number of benzene rings is 1. The standard InChI is InChI=1S/C26H34N4O2/c31-25-22-13-11-20(12-14-23(22)27-24(28-25)19-7-3-1-4-8-19)26(32)30-17-15-29(16-18-30)21-9-5-2-6-10-21/h1,3-4,7-8,20-21H,2,5-6,9-18H2,(H,27,28,31). The summed E-state index contributed by atoms with van der Waals surface area (Å²) in [5, 5.41) is 0. The lowest BCUT2D eigenvalue weighted by atomic mass is 9.93. The lowest BCUT2D eigenvalue weighted by molar-refractivity contribution is -0.138. The smallest absolute Gasteiger partial charge is 0.254 e. The van der Waals surface area contributed by atoms with E-state index in [1.54, 1.807) is 0 Å². The molecule has 0 bridgehead atoms. The molecule has 5 rings (SSSR count). The van der Waals surface area contributed by atoms with Crippen LogP contribution in [0.3, 0.4) is 0 Å². The van der Waals surface area contributed by atoms with Crippen LogP contribution in [-0.2, 0) is 17.6 Å². The third-order valence-corrected chi connectivity index (χ3v) is 7.69. The zero-order valence-electron chi connectivity index (χ0n) is 18.9. The molecule has 0 spiro atoms. The molecule has 1 atom stereocenters. The number of hydrogen-bond acceptors (Lipinski definition) is 4. The van der Waals surface area contributed by atoms with E-state index in [0.29, 0.717) is 18.7 Å². The number of carbonyl (C=O) groups is 1. The van der Waals surface area contributed by atoms with Crippen molar-refractivity contribution < 1.29 is 4.79 Å². The Morgan fingerprint density at radius 1 is 0.906 bits per heavy atom. The number of aryl methyl sites for hydroxylation is 1. The minimum atomic E-state index is -0.0527. The fourth-order valence-electron chi connectivity index (χ4n) is 5.77. The highest BCUT2D eigenvalue weighted by Gasteiger charge is 2.32. The van der Waals surface area contributed by atoms with Gasteiger partial charge in [0, 0.05) is 49.3 Å². The minimum Gasteiger partial charge on any atom is -0.340 e. The summed E-state index contributed by atoms with van der Waals surface area (Å²) >= 11 is 0. The first-order valence-electron chi connectivity index (χ1n) is 12.4. The summed E-state index contributed by atoms with van der Waals surface area (Å²) in [7, 11) is 0. The van der Waals surface area contributed by atoms with E-state index < -0.39 is 0 Å². The number of aromatic nitrogens is 2. The van der Waals surface area contributed by atoms with Crippen molar-refractivity contribution >= 4 is 5.91 Å². The first-order valence-corrected chi connectivity index (χ1v) is 12.4. The number of nitrogens with one attached hydrogen (secondary N) is 1. The molecule has 6 heteroatoms. The third kappa shape index (κ3) is 4.51. The Hall–Kier alpha value is -2.47. The van der Waals surface area contributed by atoms with Crippen LogP contribution < -0.4 is 5.56 Å². The monoisotopic (exact) mass is 434 g/mol. The average Bonchev–Trinajstić information content (AvgIpc) is 3.08. The normalized spacial score (nSPS) is 22.9.